The van der Waals surface area contributed by atoms with E-state index in [1.807, 2.05) is 24.0 Å². The summed E-state index contributed by atoms with van der Waals surface area (Å²) in [5, 5.41) is 4.17. The molecule has 2 aromatic heterocycles. The summed E-state index contributed by atoms with van der Waals surface area (Å²) in [6.45, 7) is 5.81. The van der Waals surface area contributed by atoms with Crippen LogP contribution in [-0.4, -0.2) is 38.5 Å². The number of fused-ring (bicyclic) bond motifs is 1. The van der Waals surface area contributed by atoms with Crippen LogP contribution < -0.4 is 0 Å². The van der Waals surface area contributed by atoms with Crippen molar-refractivity contribution in [1.29, 1.82) is 0 Å². The van der Waals surface area contributed by atoms with E-state index in [1.54, 1.807) is 10.7 Å². The average Bonchev–Trinajstić information content (AvgIpc) is 2.86. The molecule has 2 aromatic rings. The van der Waals surface area contributed by atoms with Crippen molar-refractivity contribution in [3.05, 3.63) is 29.7 Å². The fourth-order valence-corrected chi connectivity index (χ4v) is 2.71. The van der Waals surface area contributed by atoms with E-state index in [4.69, 9.17) is 0 Å². The monoisotopic (exact) mass is 258 g/mol. The Morgan fingerprint density at radius 2 is 2.32 bits per heavy atom. The minimum absolute atomic E-state index is 0.0401. The summed E-state index contributed by atoms with van der Waals surface area (Å²) >= 11 is 0. The second kappa shape index (κ2) is 4.64. The molecule has 0 saturated carbocycles. The zero-order valence-corrected chi connectivity index (χ0v) is 11.3. The minimum atomic E-state index is 0.0401. The topological polar surface area (TPSA) is 50.5 Å². The Morgan fingerprint density at radius 3 is 3.11 bits per heavy atom. The number of aromatic nitrogens is 3. The van der Waals surface area contributed by atoms with Crippen LogP contribution in [0.2, 0.25) is 0 Å². The number of likely N-dealkylation sites (tertiary alicyclic amines) is 1. The third kappa shape index (κ3) is 2.20. The molecule has 19 heavy (non-hydrogen) atoms. The molecule has 3 rings (SSSR count). The maximum atomic E-state index is 12.5. The first-order valence-corrected chi connectivity index (χ1v) is 6.76. The van der Waals surface area contributed by atoms with Gasteiger partial charge in [0, 0.05) is 24.8 Å². The van der Waals surface area contributed by atoms with Crippen LogP contribution in [0.15, 0.2) is 18.3 Å². The zero-order chi connectivity index (χ0) is 13.4. The minimum Gasteiger partial charge on any atom is -0.337 e. The molecule has 3 heterocycles. The number of amides is 1. The number of carbonyl (C=O) groups excluding carboxylic acids is 1. The summed E-state index contributed by atoms with van der Waals surface area (Å²) in [6, 6.07) is 3.64. The number of rotatable bonds is 1. The summed E-state index contributed by atoms with van der Waals surface area (Å²) in [6.07, 6.45) is 3.99. The molecule has 5 heteroatoms. The van der Waals surface area contributed by atoms with Crippen molar-refractivity contribution in [2.24, 2.45) is 5.92 Å². The Hall–Kier alpha value is -1.91. The van der Waals surface area contributed by atoms with Gasteiger partial charge in [0.05, 0.1) is 6.20 Å². The van der Waals surface area contributed by atoms with E-state index in [2.05, 4.69) is 17.0 Å². The van der Waals surface area contributed by atoms with E-state index in [1.165, 1.54) is 6.42 Å². The summed E-state index contributed by atoms with van der Waals surface area (Å²) in [7, 11) is 0. The van der Waals surface area contributed by atoms with Crippen molar-refractivity contribution in [3.63, 3.8) is 0 Å². The van der Waals surface area contributed by atoms with Crippen molar-refractivity contribution < 1.29 is 4.79 Å². The third-order valence-electron chi connectivity index (χ3n) is 3.70. The van der Waals surface area contributed by atoms with Crippen molar-refractivity contribution in [2.45, 2.75) is 26.7 Å². The van der Waals surface area contributed by atoms with Gasteiger partial charge in [0.15, 0.2) is 5.65 Å². The van der Waals surface area contributed by atoms with Gasteiger partial charge in [-0.15, -0.1) is 0 Å². The summed E-state index contributed by atoms with van der Waals surface area (Å²) < 4.78 is 1.75. The Balaban J connectivity index is 1.92. The maximum absolute atomic E-state index is 12.5. The predicted molar refractivity (Wildman–Crippen MR) is 72.0 cm³/mol. The Kier molecular flexibility index (Phi) is 2.97. The molecule has 1 saturated heterocycles. The number of hydrogen-bond donors (Lipinski definition) is 0. The van der Waals surface area contributed by atoms with Gasteiger partial charge in [-0.3, -0.25) is 4.79 Å². The van der Waals surface area contributed by atoms with Crippen LogP contribution in [-0.2, 0) is 0 Å². The van der Waals surface area contributed by atoms with Crippen LogP contribution in [0, 0.1) is 12.8 Å². The van der Waals surface area contributed by atoms with Crippen molar-refractivity contribution in [2.75, 3.05) is 13.1 Å². The first kappa shape index (κ1) is 12.1. The van der Waals surface area contributed by atoms with Crippen LogP contribution in [0.25, 0.3) is 5.65 Å². The maximum Gasteiger partial charge on any atom is 0.272 e. The lowest BCUT2D eigenvalue weighted by atomic mass is 10.00. The van der Waals surface area contributed by atoms with Gasteiger partial charge in [0.2, 0.25) is 0 Å². The lowest BCUT2D eigenvalue weighted by molar-refractivity contribution is 0.0677. The number of hydrogen-bond acceptors (Lipinski definition) is 3. The smallest absolute Gasteiger partial charge is 0.272 e. The molecular formula is C14H18N4O. The molecule has 1 unspecified atom stereocenters. The summed E-state index contributed by atoms with van der Waals surface area (Å²) in [5.41, 5.74) is 2.19. The lowest BCUT2D eigenvalue weighted by Gasteiger charge is -2.30. The van der Waals surface area contributed by atoms with Gasteiger partial charge < -0.3 is 4.90 Å². The molecule has 0 aromatic carbocycles. The average molecular weight is 258 g/mol. The Labute approximate surface area is 112 Å². The molecule has 0 radical (unpaired) electrons. The fraction of sp³-hybridized carbons (Fsp3) is 0.500. The van der Waals surface area contributed by atoms with Crippen LogP contribution in [0.3, 0.4) is 0 Å². The van der Waals surface area contributed by atoms with E-state index in [-0.39, 0.29) is 5.91 Å². The van der Waals surface area contributed by atoms with Gasteiger partial charge in [-0.1, -0.05) is 6.92 Å². The standard InChI is InChI=1S/C14H18N4O/c1-10-4-3-7-17(9-10)14(19)12-8-11(2)18-13(16-12)5-6-15-18/h5-6,8,10H,3-4,7,9H2,1-2H3. The first-order chi connectivity index (χ1) is 9.15. The van der Waals surface area contributed by atoms with E-state index in [9.17, 15) is 4.79 Å². The van der Waals surface area contributed by atoms with Crippen molar-refractivity contribution in [3.8, 4) is 0 Å². The van der Waals surface area contributed by atoms with Crippen molar-refractivity contribution in [1.82, 2.24) is 19.5 Å². The molecule has 1 atom stereocenters. The Bertz CT molecular complexity index is 619. The molecule has 0 N–H and O–H groups in total. The highest BCUT2D eigenvalue weighted by Gasteiger charge is 2.23. The summed E-state index contributed by atoms with van der Waals surface area (Å²) in [4.78, 5) is 18.8. The van der Waals surface area contributed by atoms with Gasteiger partial charge in [-0.25, -0.2) is 9.50 Å². The zero-order valence-electron chi connectivity index (χ0n) is 11.3. The highest BCUT2D eigenvalue weighted by molar-refractivity contribution is 5.93. The number of aryl methyl sites for hydroxylation is 1. The largest absolute Gasteiger partial charge is 0.337 e. The van der Waals surface area contributed by atoms with Crippen LogP contribution in [0.1, 0.15) is 35.9 Å². The van der Waals surface area contributed by atoms with E-state index >= 15 is 0 Å². The molecule has 1 fully saturated rings. The fourth-order valence-electron chi connectivity index (χ4n) is 2.71. The van der Waals surface area contributed by atoms with Gasteiger partial charge in [0.1, 0.15) is 5.69 Å². The SMILES string of the molecule is Cc1cc(C(=O)N2CCCC(C)C2)nc2ccnn12. The second-order valence-electron chi connectivity index (χ2n) is 5.38. The quantitative estimate of drug-likeness (QED) is 0.785. The number of carbonyl (C=O) groups is 1. The molecular weight excluding hydrogens is 240 g/mol. The second-order valence-corrected chi connectivity index (χ2v) is 5.38. The van der Waals surface area contributed by atoms with Crippen LogP contribution >= 0.6 is 0 Å². The molecule has 1 amide bonds. The molecule has 0 bridgehead atoms. The molecule has 1 aliphatic heterocycles. The predicted octanol–water partition coefficient (Wildman–Crippen LogP) is 1.91. The number of nitrogens with zero attached hydrogens (tertiary/aromatic N) is 4. The Morgan fingerprint density at radius 1 is 1.47 bits per heavy atom. The third-order valence-corrected chi connectivity index (χ3v) is 3.70. The summed E-state index contributed by atoms with van der Waals surface area (Å²) in [5.74, 6) is 0.621. The van der Waals surface area contributed by atoms with E-state index in [0.717, 1.165) is 30.9 Å². The van der Waals surface area contributed by atoms with Crippen LogP contribution in [0.5, 0.6) is 0 Å². The van der Waals surface area contributed by atoms with Gasteiger partial charge >= 0.3 is 0 Å². The molecule has 0 aliphatic carbocycles. The molecule has 100 valence electrons. The van der Waals surface area contributed by atoms with Crippen molar-refractivity contribution >= 4 is 11.6 Å². The normalized spacial score (nSPS) is 19.9. The first-order valence-electron chi connectivity index (χ1n) is 6.76. The van der Waals surface area contributed by atoms with Gasteiger partial charge in [-0.2, -0.15) is 5.10 Å². The van der Waals surface area contributed by atoms with Gasteiger partial charge in [-0.05, 0) is 31.7 Å². The molecule has 0 spiro atoms. The van der Waals surface area contributed by atoms with E-state index in [0.29, 0.717) is 11.6 Å². The molecule has 5 nitrogen and oxygen atoms in total. The lowest BCUT2D eigenvalue weighted by Crippen LogP contribution is -2.39. The highest BCUT2D eigenvalue weighted by atomic mass is 16.2. The highest BCUT2D eigenvalue weighted by Crippen LogP contribution is 2.18. The van der Waals surface area contributed by atoms with Gasteiger partial charge in [0.25, 0.3) is 5.91 Å². The van der Waals surface area contributed by atoms with Crippen LogP contribution in [0.4, 0.5) is 0 Å². The number of piperidine rings is 1. The van der Waals surface area contributed by atoms with E-state index < -0.39 is 0 Å². The molecule has 1 aliphatic rings.